The van der Waals surface area contributed by atoms with Crippen molar-refractivity contribution in [3.63, 3.8) is 0 Å². The van der Waals surface area contributed by atoms with Crippen LogP contribution in [0, 0.1) is 5.82 Å². The molecular formula is C23H14FN. The van der Waals surface area contributed by atoms with Gasteiger partial charge in [0.05, 0.1) is 5.69 Å². The molecule has 5 rings (SSSR count). The van der Waals surface area contributed by atoms with E-state index >= 15 is 0 Å². The highest BCUT2D eigenvalue weighted by atomic mass is 19.1. The Morgan fingerprint density at radius 2 is 1.40 bits per heavy atom. The van der Waals surface area contributed by atoms with Crippen LogP contribution in [0.15, 0.2) is 85.1 Å². The minimum Gasteiger partial charge on any atom is -0.256 e. The third kappa shape index (κ3) is 2.11. The number of halogens is 1. The minimum absolute atomic E-state index is 0.204. The Labute approximate surface area is 144 Å². The fraction of sp³-hybridized carbons (Fsp3) is 0. The van der Waals surface area contributed by atoms with Crippen molar-refractivity contribution in [2.75, 3.05) is 0 Å². The van der Waals surface area contributed by atoms with Crippen LogP contribution in [-0.4, -0.2) is 4.98 Å². The van der Waals surface area contributed by atoms with Gasteiger partial charge in [0.15, 0.2) is 0 Å². The first-order chi connectivity index (χ1) is 12.3. The molecule has 5 aromatic rings. The second-order valence-corrected chi connectivity index (χ2v) is 6.18. The van der Waals surface area contributed by atoms with Crippen molar-refractivity contribution in [1.82, 2.24) is 4.98 Å². The molecule has 0 aliphatic carbocycles. The maximum absolute atomic E-state index is 14.6. The van der Waals surface area contributed by atoms with Crippen molar-refractivity contribution in [1.29, 1.82) is 0 Å². The van der Waals surface area contributed by atoms with Gasteiger partial charge in [0.25, 0.3) is 0 Å². The Kier molecular flexibility index (Phi) is 3.04. The van der Waals surface area contributed by atoms with Crippen LogP contribution in [0.5, 0.6) is 0 Å². The van der Waals surface area contributed by atoms with Gasteiger partial charge in [0.2, 0.25) is 0 Å². The first-order valence-corrected chi connectivity index (χ1v) is 8.27. The van der Waals surface area contributed by atoms with Gasteiger partial charge >= 0.3 is 0 Å². The highest BCUT2D eigenvalue weighted by Crippen LogP contribution is 2.38. The van der Waals surface area contributed by atoms with E-state index < -0.39 is 0 Å². The summed E-state index contributed by atoms with van der Waals surface area (Å²) in [6, 6.07) is 25.5. The van der Waals surface area contributed by atoms with Gasteiger partial charge in [-0.25, -0.2) is 4.39 Å². The van der Waals surface area contributed by atoms with Gasteiger partial charge in [0.1, 0.15) is 5.82 Å². The average molecular weight is 323 g/mol. The molecule has 0 radical (unpaired) electrons. The maximum Gasteiger partial charge on any atom is 0.131 e. The molecule has 0 spiro atoms. The number of hydrogen-bond acceptors (Lipinski definition) is 1. The molecule has 25 heavy (non-hydrogen) atoms. The molecule has 0 atom stereocenters. The molecule has 2 heteroatoms. The summed E-state index contributed by atoms with van der Waals surface area (Å²) < 4.78 is 14.6. The van der Waals surface area contributed by atoms with Gasteiger partial charge in [-0.2, -0.15) is 0 Å². The number of hydrogen-bond donors (Lipinski definition) is 0. The van der Waals surface area contributed by atoms with E-state index in [1.165, 1.54) is 6.07 Å². The lowest BCUT2D eigenvalue weighted by molar-refractivity contribution is 0.640. The van der Waals surface area contributed by atoms with Crippen molar-refractivity contribution >= 4 is 32.3 Å². The average Bonchev–Trinajstić information content (AvgIpc) is 2.68. The van der Waals surface area contributed by atoms with Crippen LogP contribution in [0.1, 0.15) is 0 Å². The number of rotatable bonds is 1. The highest BCUT2D eigenvalue weighted by Gasteiger charge is 2.13. The Morgan fingerprint density at radius 1 is 0.600 bits per heavy atom. The highest BCUT2D eigenvalue weighted by molar-refractivity contribution is 6.23. The van der Waals surface area contributed by atoms with Crippen LogP contribution in [0.25, 0.3) is 43.6 Å². The SMILES string of the molecule is Fc1ccc(-c2ccccn2)c2c1ccc1ccc3ccccc3c12. The van der Waals surface area contributed by atoms with E-state index in [-0.39, 0.29) is 5.82 Å². The Balaban J connectivity index is 2.08. The van der Waals surface area contributed by atoms with Gasteiger partial charge in [-0.3, -0.25) is 4.98 Å². The molecule has 0 unspecified atom stereocenters. The first-order valence-electron chi connectivity index (χ1n) is 8.27. The van der Waals surface area contributed by atoms with Gasteiger partial charge < -0.3 is 0 Å². The van der Waals surface area contributed by atoms with Crippen molar-refractivity contribution in [2.24, 2.45) is 0 Å². The predicted octanol–water partition coefficient (Wildman–Crippen LogP) is 6.35. The van der Waals surface area contributed by atoms with Crippen LogP contribution in [-0.2, 0) is 0 Å². The number of nitrogens with zero attached hydrogens (tertiary/aromatic N) is 1. The van der Waals surface area contributed by atoms with E-state index in [2.05, 4.69) is 29.2 Å². The molecule has 1 nitrogen and oxygen atoms in total. The van der Waals surface area contributed by atoms with Crippen LogP contribution in [0.2, 0.25) is 0 Å². The molecule has 0 N–H and O–H groups in total. The molecule has 0 saturated heterocycles. The standard InChI is InChI=1S/C23H14FN/c24-20-13-12-19(21-7-3-4-14-25-21)23-18(20)11-10-16-9-8-15-5-1-2-6-17(15)22(16)23/h1-14H. The predicted molar refractivity (Wildman–Crippen MR) is 102 cm³/mol. The molecule has 118 valence electrons. The summed E-state index contributed by atoms with van der Waals surface area (Å²) in [5.41, 5.74) is 1.81. The topological polar surface area (TPSA) is 12.9 Å². The number of pyridine rings is 1. The largest absolute Gasteiger partial charge is 0.256 e. The van der Waals surface area contributed by atoms with Crippen LogP contribution in [0.4, 0.5) is 4.39 Å². The number of fused-ring (bicyclic) bond motifs is 5. The van der Waals surface area contributed by atoms with Gasteiger partial charge in [-0.1, -0.05) is 54.6 Å². The molecule has 0 amide bonds. The van der Waals surface area contributed by atoms with E-state index in [4.69, 9.17) is 0 Å². The Bertz CT molecular complexity index is 1240. The smallest absolute Gasteiger partial charge is 0.131 e. The third-order valence-electron chi connectivity index (χ3n) is 4.77. The Hall–Kier alpha value is -3.26. The summed E-state index contributed by atoms with van der Waals surface area (Å²) >= 11 is 0. The summed E-state index contributed by atoms with van der Waals surface area (Å²) in [4.78, 5) is 4.49. The van der Waals surface area contributed by atoms with Crippen molar-refractivity contribution in [3.05, 3.63) is 90.9 Å². The summed E-state index contributed by atoms with van der Waals surface area (Å²) in [7, 11) is 0. The summed E-state index contributed by atoms with van der Waals surface area (Å²) in [6.07, 6.45) is 1.77. The molecule has 4 aromatic carbocycles. The van der Waals surface area contributed by atoms with Gasteiger partial charge in [-0.15, -0.1) is 0 Å². The zero-order chi connectivity index (χ0) is 16.8. The molecule has 1 aromatic heterocycles. The fourth-order valence-corrected chi connectivity index (χ4v) is 3.64. The van der Waals surface area contributed by atoms with E-state index in [0.717, 1.165) is 38.2 Å². The maximum atomic E-state index is 14.6. The second kappa shape index (κ2) is 5.38. The zero-order valence-corrected chi connectivity index (χ0v) is 13.4. The molecule has 0 bridgehead atoms. The summed E-state index contributed by atoms with van der Waals surface area (Å²) in [5, 5.41) is 6.02. The zero-order valence-electron chi connectivity index (χ0n) is 13.4. The Morgan fingerprint density at radius 3 is 2.28 bits per heavy atom. The monoisotopic (exact) mass is 323 g/mol. The second-order valence-electron chi connectivity index (χ2n) is 6.18. The molecular weight excluding hydrogens is 309 g/mol. The fourth-order valence-electron chi connectivity index (χ4n) is 3.64. The van der Waals surface area contributed by atoms with Crippen molar-refractivity contribution in [3.8, 4) is 11.3 Å². The summed E-state index contributed by atoms with van der Waals surface area (Å²) in [6.45, 7) is 0. The van der Waals surface area contributed by atoms with Crippen LogP contribution >= 0.6 is 0 Å². The third-order valence-corrected chi connectivity index (χ3v) is 4.77. The van der Waals surface area contributed by atoms with Gasteiger partial charge in [-0.05, 0) is 45.8 Å². The minimum atomic E-state index is -0.204. The number of aromatic nitrogens is 1. The van der Waals surface area contributed by atoms with E-state index in [9.17, 15) is 4.39 Å². The molecule has 0 aliphatic heterocycles. The lowest BCUT2D eigenvalue weighted by Crippen LogP contribution is -1.90. The summed E-state index contributed by atoms with van der Waals surface area (Å²) in [5.74, 6) is -0.204. The van der Waals surface area contributed by atoms with E-state index in [1.807, 2.05) is 48.5 Å². The van der Waals surface area contributed by atoms with E-state index in [0.29, 0.717) is 5.39 Å². The van der Waals surface area contributed by atoms with Crippen LogP contribution < -0.4 is 0 Å². The van der Waals surface area contributed by atoms with Crippen molar-refractivity contribution < 1.29 is 4.39 Å². The van der Waals surface area contributed by atoms with E-state index in [1.54, 1.807) is 6.20 Å². The van der Waals surface area contributed by atoms with Crippen LogP contribution in [0.3, 0.4) is 0 Å². The van der Waals surface area contributed by atoms with Gasteiger partial charge in [0, 0.05) is 22.5 Å². The lowest BCUT2D eigenvalue weighted by atomic mass is 9.92. The quantitative estimate of drug-likeness (QED) is 0.328. The van der Waals surface area contributed by atoms with Crippen molar-refractivity contribution in [2.45, 2.75) is 0 Å². The first kappa shape index (κ1) is 14.1. The lowest BCUT2D eigenvalue weighted by Gasteiger charge is -2.13. The molecule has 1 heterocycles. The molecule has 0 saturated carbocycles. The number of benzene rings is 4. The molecule has 0 aliphatic rings. The molecule has 0 fully saturated rings. The normalized spacial score (nSPS) is 11.4.